The lowest BCUT2D eigenvalue weighted by atomic mass is 10.1. The standard InChI is InChI=1S/C13H14ClN3O2/c14-11-6-9(15)1-2-10(11)13-16-12(17-19-13)5-8-3-4-18-7-8/h1-2,6,8H,3-5,7,15H2. The van der Waals surface area contributed by atoms with Gasteiger partial charge >= 0.3 is 0 Å². The number of rotatable bonds is 3. The third-order valence-corrected chi connectivity index (χ3v) is 3.50. The Hall–Kier alpha value is -1.59. The van der Waals surface area contributed by atoms with Crippen LogP contribution in [0.25, 0.3) is 11.5 Å². The summed E-state index contributed by atoms with van der Waals surface area (Å²) in [6.07, 6.45) is 1.82. The molecule has 1 aliphatic rings. The average molecular weight is 280 g/mol. The minimum atomic E-state index is 0.430. The zero-order valence-corrected chi connectivity index (χ0v) is 11.1. The zero-order chi connectivity index (χ0) is 13.2. The van der Waals surface area contributed by atoms with Crippen LogP contribution in [0.15, 0.2) is 22.7 Å². The van der Waals surface area contributed by atoms with Crippen molar-refractivity contribution in [1.29, 1.82) is 0 Å². The van der Waals surface area contributed by atoms with Crippen LogP contribution in [0.2, 0.25) is 5.02 Å². The Labute approximate surface area is 115 Å². The van der Waals surface area contributed by atoms with Crippen molar-refractivity contribution in [1.82, 2.24) is 10.1 Å². The Kier molecular flexibility index (Phi) is 3.40. The lowest BCUT2D eigenvalue weighted by molar-refractivity contribution is 0.185. The van der Waals surface area contributed by atoms with Gasteiger partial charge in [-0.2, -0.15) is 4.98 Å². The molecule has 100 valence electrons. The van der Waals surface area contributed by atoms with Crippen molar-refractivity contribution in [3.05, 3.63) is 29.0 Å². The number of halogens is 1. The number of benzene rings is 1. The van der Waals surface area contributed by atoms with Gasteiger partial charge in [0.2, 0.25) is 0 Å². The second-order valence-electron chi connectivity index (χ2n) is 4.69. The van der Waals surface area contributed by atoms with Crippen LogP contribution in [0.4, 0.5) is 5.69 Å². The van der Waals surface area contributed by atoms with Gasteiger partial charge in [0.25, 0.3) is 5.89 Å². The Morgan fingerprint density at radius 3 is 3.05 bits per heavy atom. The van der Waals surface area contributed by atoms with E-state index in [1.54, 1.807) is 18.2 Å². The minimum Gasteiger partial charge on any atom is -0.399 e. The average Bonchev–Trinajstić information content (AvgIpc) is 3.01. The first-order valence-electron chi connectivity index (χ1n) is 6.18. The van der Waals surface area contributed by atoms with Crippen LogP contribution in [-0.4, -0.2) is 23.4 Å². The number of ether oxygens (including phenoxy) is 1. The summed E-state index contributed by atoms with van der Waals surface area (Å²) in [6, 6.07) is 5.22. The van der Waals surface area contributed by atoms with E-state index in [0.717, 1.165) is 26.1 Å². The predicted molar refractivity (Wildman–Crippen MR) is 71.8 cm³/mol. The van der Waals surface area contributed by atoms with Crippen LogP contribution in [0.5, 0.6) is 0 Å². The summed E-state index contributed by atoms with van der Waals surface area (Å²) in [5, 5.41) is 4.50. The highest BCUT2D eigenvalue weighted by Crippen LogP contribution is 2.28. The van der Waals surface area contributed by atoms with Crippen molar-refractivity contribution in [3.8, 4) is 11.5 Å². The fraction of sp³-hybridized carbons (Fsp3) is 0.385. The minimum absolute atomic E-state index is 0.430. The van der Waals surface area contributed by atoms with Crippen molar-refractivity contribution in [2.45, 2.75) is 12.8 Å². The first kappa shape index (κ1) is 12.4. The van der Waals surface area contributed by atoms with E-state index in [2.05, 4.69) is 10.1 Å². The highest BCUT2D eigenvalue weighted by atomic mass is 35.5. The zero-order valence-electron chi connectivity index (χ0n) is 10.3. The van der Waals surface area contributed by atoms with Gasteiger partial charge in [0.15, 0.2) is 5.82 Å². The molecule has 19 heavy (non-hydrogen) atoms. The molecule has 0 radical (unpaired) electrons. The molecule has 1 aliphatic heterocycles. The molecule has 2 aromatic rings. The fourth-order valence-electron chi connectivity index (χ4n) is 2.15. The van der Waals surface area contributed by atoms with E-state index in [4.69, 9.17) is 26.6 Å². The monoisotopic (exact) mass is 279 g/mol. The van der Waals surface area contributed by atoms with Crippen molar-refractivity contribution < 1.29 is 9.26 Å². The molecule has 2 N–H and O–H groups in total. The normalized spacial score (nSPS) is 18.9. The fourth-order valence-corrected chi connectivity index (χ4v) is 2.42. The van der Waals surface area contributed by atoms with Crippen LogP contribution in [-0.2, 0) is 11.2 Å². The summed E-state index contributed by atoms with van der Waals surface area (Å²) in [5.41, 5.74) is 6.97. The van der Waals surface area contributed by atoms with Gasteiger partial charge in [0, 0.05) is 25.3 Å². The second kappa shape index (κ2) is 5.19. The van der Waals surface area contributed by atoms with Crippen LogP contribution < -0.4 is 5.73 Å². The summed E-state index contributed by atoms with van der Waals surface area (Å²) in [6.45, 7) is 1.59. The van der Waals surface area contributed by atoms with Crippen LogP contribution in [0, 0.1) is 5.92 Å². The molecule has 2 heterocycles. The van der Waals surface area contributed by atoms with Gasteiger partial charge in [-0.1, -0.05) is 16.8 Å². The van der Waals surface area contributed by atoms with Crippen LogP contribution in [0.3, 0.4) is 0 Å². The second-order valence-corrected chi connectivity index (χ2v) is 5.10. The van der Waals surface area contributed by atoms with E-state index >= 15 is 0 Å². The smallest absolute Gasteiger partial charge is 0.259 e. The Bertz CT molecular complexity index is 579. The maximum absolute atomic E-state index is 6.12. The van der Waals surface area contributed by atoms with Gasteiger partial charge in [-0.05, 0) is 30.5 Å². The molecule has 1 fully saturated rings. The molecule has 3 rings (SSSR count). The molecule has 0 aliphatic carbocycles. The van der Waals surface area contributed by atoms with Gasteiger partial charge < -0.3 is 15.0 Å². The van der Waals surface area contributed by atoms with E-state index in [1.165, 1.54) is 0 Å². The van der Waals surface area contributed by atoms with E-state index in [0.29, 0.717) is 33.9 Å². The number of hydrogen-bond donors (Lipinski definition) is 1. The summed E-state index contributed by atoms with van der Waals surface area (Å²) < 4.78 is 10.6. The summed E-state index contributed by atoms with van der Waals surface area (Å²) >= 11 is 6.12. The molecule has 1 atom stereocenters. The van der Waals surface area contributed by atoms with Gasteiger partial charge in [0.1, 0.15) is 0 Å². The lowest BCUT2D eigenvalue weighted by Gasteiger charge is -2.01. The quantitative estimate of drug-likeness (QED) is 0.874. The molecule has 0 amide bonds. The SMILES string of the molecule is Nc1ccc(-c2nc(CC3CCOC3)no2)c(Cl)c1. The Morgan fingerprint density at radius 2 is 2.32 bits per heavy atom. The molecule has 6 heteroatoms. The van der Waals surface area contributed by atoms with Crippen molar-refractivity contribution in [3.63, 3.8) is 0 Å². The summed E-state index contributed by atoms with van der Waals surface area (Å²) in [5.74, 6) is 1.60. The topological polar surface area (TPSA) is 74.2 Å². The lowest BCUT2D eigenvalue weighted by Crippen LogP contribution is -2.04. The van der Waals surface area contributed by atoms with Crippen LogP contribution in [0.1, 0.15) is 12.2 Å². The van der Waals surface area contributed by atoms with E-state index in [9.17, 15) is 0 Å². The number of nitrogens with two attached hydrogens (primary N) is 1. The summed E-state index contributed by atoms with van der Waals surface area (Å²) in [7, 11) is 0. The molecule has 0 saturated carbocycles. The molecule has 0 spiro atoms. The van der Waals surface area contributed by atoms with Gasteiger partial charge in [-0.25, -0.2) is 0 Å². The number of nitrogen functional groups attached to an aromatic ring is 1. The molecular formula is C13H14ClN3O2. The van der Waals surface area contributed by atoms with Crippen molar-refractivity contribution >= 4 is 17.3 Å². The highest BCUT2D eigenvalue weighted by Gasteiger charge is 2.20. The van der Waals surface area contributed by atoms with Gasteiger partial charge in [-0.15, -0.1) is 0 Å². The highest BCUT2D eigenvalue weighted by molar-refractivity contribution is 6.33. The van der Waals surface area contributed by atoms with E-state index in [-0.39, 0.29) is 0 Å². The molecule has 1 unspecified atom stereocenters. The maximum atomic E-state index is 6.12. The largest absolute Gasteiger partial charge is 0.399 e. The molecule has 1 saturated heterocycles. The maximum Gasteiger partial charge on any atom is 0.259 e. The van der Waals surface area contributed by atoms with Crippen molar-refractivity contribution in [2.75, 3.05) is 18.9 Å². The molecule has 5 nitrogen and oxygen atoms in total. The molecular weight excluding hydrogens is 266 g/mol. The first-order valence-corrected chi connectivity index (χ1v) is 6.56. The third kappa shape index (κ3) is 2.72. The van der Waals surface area contributed by atoms with E-state index in [1.807, 2.05) is 0 Å². The number of hydrogen-bond acceptors (Lipinski definition) is 5. The van der Waals surface area contributed by atoms with Crippen LogP contribution >= 0.6 is 11.6 Å². The number of aromatic nitrogens is 2. The number of nitrogens with zero attached hydrogens (tertiary/aromatic N) is 2. The predicted octanol–water partition coefficient (Wildman–Crippen LogP) is 2.55. The molecule has 1 aromatic heterocycles. The molecule has 0 bridgehead atoms. The summed E-state index contributed by atoms with van der Waals surface area (Å²) in [4.78, 5) is 4.38. The Morgan fingerprint density at radius 1 is 1.42 bits per heavy atom. The first-order chi connectivity index (χ1) is 9.22. The van der Waals surface area contributed by atoms with E-state index < -0.39 is 0 Å². The third-order valence-electron chi connectivity index (χ3n) is 3.19. The van der Waals surface area contributed by atoms with Crippen molar-refractivity contribution in [2.24, 2.45) is 5.92 Å². The van der Waals surface area contributed by atoms with Gasteiger partial charge in [-0.3, -0.25) is 0 Å². The Balaban J connectivity index is 1.80. The van der Waals surface area contributed by atoms with Gasteiger partial charge in [0.05, 0.1) is 10.6 Å². The number of anilines is 1. The molecule has 1 aromatic carbocycles.